The van der Waals surface area contributed by atoms with E-state index in [9.17, 15) is 18.0 Å². The number of amides is 1. The molecule has 1 N–H and O–H groups in total. The van der Waals surface area contributed by atoms with E-state index in [-0.39, 0.29) is 4.90 Å². The molecule has 6 nitrogen and oxygen atoms in total. The first-order valence-corrected chi connectivity index (χ1v) is 9.05. The molecule has 0 aliphatic carbocycles. The lowest BCUT2D eigenvalue weighted by atomic mass is 10.1. The van der Waals surface area contributed by atoms with Gasteiger partial charge in [-0.1, -0.05) is 36.4 Å². The average Bonchev–Trinajstić information content (AvgIpc) is 2.61. The number of esters is 1. The van der Waals surface area contributed by atoms with Gasteiger partial charge in [0, 0.05) is 12.6 Å². The minimum atomic E-state index is -4.10. The topological polar surface area (TPSA) is 89.5 Å². The van der Waals surface area contributed by atoms with Crippen molar-refractivity contribution in [1.29, 1.82) is 0 Å². The van der Waals surface area contributed by atoms with Crippen LogP contribution in [-0.4, -0.2) is 31.6 Å². The molecule has 2 aromatic carbocycles. The highest BCUT2D eigenvalue weighted by atomic mass is 32.2. The lowest BCUT2D eigenvalue weighted by Gasteiger charge is -2.27. The predicted molar refractivity (Wildman–Crippen MR) is 93.7 cm³/mol. The van der Waals surface area contributed by atoms with E-state index >= 15 is 0 Å². The first-order valence-electron chi connectivity index (χ1n) is 7.57. The van der Waals surface area contributed by atoms with Crippen molar-refractivity contribution in [2.75, 3.05) is 11.9 Å². The van der Waals surface area contributed by atoms with E-state index in [1.165, 1.54) is 19.1 Å². The molecule has 132 valence electrons. The standard InChI is InChI=1S/C18H19NO5S/c1-14(20)24-13-18(2,17(21)19-15-9-5-3-6-10-15)25(22,23)16-11-7-4-8-12-16/h3-12H,13H2,1-2H3,(H,19,21). The number of hydrogen-bond acceptors (Lipinski definition) is 5. The number of carbonyl (C=O) groups excluding carboxylic acids is 2. The second-order valence-electron chi connectivity index (χ2n) is 5.65. The minimum Gasteiger partial charge on any atom is -0.464 e. The van der Waals surface area contributed by atoms with Gasteiger partial charge in [-0.25, -0.2) is 8.42 Å². The summed E-state index contributed by atoms with van der Waals surface area (Å²) in [5.74, 6) is -1.44. The summed E-state index contributed by atoms with van der Waals surface area (Å²) in [7, 11) is -4.10. The quantitative estimate of drug-likeness (QED) is 0.798. The molecule has 0 bridgehead atoms. The van der Waals surface area contributed by atoms with Crippen LogP contribution in [0.3, 0.4) is 0 Å². The van der Waals surface area contributed by atoms with Crippen molar-refractivity contribution in [3.05, 3.63) is 60.7 Å². The van der Waals surface area contributed by atoms with Crippen molar-refractivity contribution < 1.29 is 22.7 Å². The fourth-order valence-electron chi connectivity index (χ4n) is 2.15. The number of anilines is 1. The van der Waals surface area contributed by atoms with E-state index in [1.54, 1.807) is 48.5 Å². The second-order valence-corrected chi connectivity index (χ2v) is 8.03. The SMILES string of the molecule is CC(=O)OCC(C)(C(=O)Nc1ccccc1)S(=O)(=O)c1ccccc1. The minimum absolute atomic E-state index is 0.0205. The molecule has 0 aromatic heterocycles. The molecule has 0 spiro atoms. The van der Waals surface area contributed by atoms with Crippen molar-refractivity contribution in [2.24, 2.45) is 0 Å². The summed E-state index contributed by atoms with van der Waals surface area (Å²) in [5.41, 5.74) is 0.449. The van der Waals surface area contributed by atoms with E-state index in [1.807, 2.05) is 0 Å². The van der Waals surface area contributed by atoms with Crippen molar-refractivity contribution in [3.63, 3.8) is 0 Å². The van der Waals surface area contributed by atoms with Crippen LogP contribution in [0, 0.1) is 0 Å². The van der Waals surface area contributed by atoms with Crippen molar-refractivity contribution in [2.45, 2.75) is 23.5 Å². The summed E-state index contributed by atoms with van der Waals surface area (Å²) in [6.45, 7) is 1.82. The largest absolute Gasteiger partial charge is 0.464 e. The van der Waals surface area contributed by atoms with Gasteiger partial charge in [0.25, 0.3) is 0 Å². The third kappa shape index (κ3) is 4.06. The monoisotopic (exact) mass is 361 g/mol. The lowest BCUT2D eigenvalue weighted by Crippen LogP contribution is -2.51. The zero-order valence-electron chi connectivity index (χ0n) is 13.9. The molecule has 0 saturated heterocycles. The fraction of sp³-hybridized carbons (Fsp3) is 0.222. The Balaban J connectivity index is 2.43. The first-order chi connectivity index (χ1) is 11.8. The highest BCUT2D eigenvalue weighted by Crippen LogP contribution is 2.28. The van der Waals surface area contributed by atoms with Crippen molar-refractivity contribution in [3.8, 4) is 0 Å². The van der Waals surface area contributed by atoms with E-state index < -0.39 is 33.1 Å². The Hall–Kier alpha value is -2.67. The lowest BCUT2D eigenvalue weighted by molar-refractivity contribution is -0.142. The molecule has 2 rings (SSSR count). The smallest absolute Gasteiger partial charge is 0.302 e. The Kier molecular flexibility index (Phi) is 5.58. The van der Waals surface area contributed by atoms with Gasteiger partial charge in [0.05, 0.1) is 4.90 Å². The van der Waals surface area contributed by atoms with Gasteiger partial charge in [0.1, 0.15) is 6.61 Å². The van der Waals surface area contributed by atoms with Crippen LogP contribution >= 0.6 is 0 Å². The summed E-state index contributed by atoms with van der Waals surface area (Å²) in [6.07, 6.45) is 0. The van der Waals surface area contributed by atoms with Crippen molar-refractivity contribution in [1.82, 2.24) is 0 Å². The summed E-state index contributed by atoms with van der Waals surface area (Å²) in [6, 6.07) is 16.1. The number of sulfone groups is 1. The Morgan fingerprint density at radius 3 is 2.04 bits per heavy atom. The molecule has 25 heavy (non-hydrogen) atoms. The maximum atomic E-state index is 13.0. The number of carbonyl (C=O) groups is 2. The van der Waals surface area contributed by atoms with Crippen LogP contribution < -0.4 is 5.32 Å². The normalized spacial score (nSPS) is 13.5. The molecule has 2 aromatic rings. The third-order valence-corrected chi connectivity index (χ3v) is 6.09. The maximum absolute atomic E-state index is 13.0. The zero-order chi connectivity index (χ0) is 18.5. The molecular formula is C18H19NO5S. The molecule has 1 amide bonds. The second kappa shape index (κ2) is 7.48. The summed E-state index contributed by atoms with van der Waals surface area (Å²) >= 11 is 0. The molecule has 0 aliphatic rings. The molecule has 7 heteroatoms. The summed E-state index contributed by atoms with van der Waals surface area (Å²) < 4.78 is 29.0. The van der Waals surface area contributed by atoms with Gasteiger partial charge in [0.2, 0.25) is 5.91 Å². The molecule has 1 unspecified atom stereocenters. The van der Waals surface area contributed by atoms with Gasteiger partial charge in [-0.05, 0) is 31.2 Å². The number of para-hydroxylation sites is 1. The molecular weight excluding hydrogens is 342 g/mol. The summed E-state index contributed by atoms with van der Waals surface area (Å²) in [5, 5.41) is 2.57. The van der Waals surface area contributed by atoms with E-state index in [0.29, 0.717) is 5.69 Å². The van der Waals surface area contributed by atoms with Crippen LogP contribution in [0.4, 0.5) is 5.69 Å². The molecule has 0 radical (unpaired) electrons. The molecule has 1 atom stereocenters. The molecule has 0 heterocycles. The van der Waals surface area contributed by atoms with Gasteiger partial charge in [-0.3, -0.25) is 9.59 Å². The van der Waals surface area contributed by atoms with Gasteiger partial charge in [0.15, 0.2) is 14.6 Å². The maximum Gasteiger partial charge on any atom is 0.302 e. The van der Waals surface area contributed by atoms with Crippen LogP contribution in [-0.2, 0) is 24.2 Å². The third-order valence-electron chi connectivity index (χ3n) is 3.71. The van der Waals surface area contributed by atoms with Crippen LogP contribution in [0.1, 0.15) is 13.8 Å². The highest BCUT2D eigenvalue weighted by Gasteiger charge is 2.48. The fourth-order valence-corrected chi connectivity index (χ4v) is 3.69. The molecule has 0 saturated carbocycles. The number of hydrogen-bond donors (Lipinski definition) is 1. The number of benzene rings is 2. The van der Waals surface area contributed by atoms with Crippen molar-refractivity contribution >= 4 is 27.4 Å². The van der Waals surface area contributed by atoms with Crippen LogP contribution in [0.25, 0.3) is 0 Å². The number of ether oxygens (including phenoxy) is 1. The van der Waals surface area contributed by atoms with E-state index in [0.717, 1.165) is 6.92 Å². The Morgan fingerprint density at radius 1 is 1.00 bits per heavy atom. The van der Waals surface area contributed by atoms with E-state index in [2.05, 4.69) is 5.32 Å². The molecule has 0 aliphatic heterocycles. The number of rotatable bonds is 6. The predicted octanol–water partition coefficient (Wildman–Crippen LogP) is 2.42. The Bertz CT molecular complexity index is 850. The number of nitrogens with one attached hydrogen (secondary N) is 1. The van der Waals surface area contributed by atoms with Gasteiger partial charge in [-0.2, -0.15) is 0 Å². The zero-order valence-corrected chi connectivity index (χ0v) is 14.7. The van der Waals surface area contributed by atoms with Gasteiger partial charge in [-0.15, -0.1) is 0 Å². The average molecular weight is 361 g/mol. The van der Waals surface area contributed by atoms with Gasteiger partial charge < -0.3 is 10.1 Å². The van der Waals surface area contributed by atoms with Gasteiger partial charge >= 0.3 is 5.97 Å². The summed E-state index contributed by atoms with van der Waals surface area (Å²) in [4.78, 5) is 24.0. The van der Waals surface area contributed by atoms with E-state index in [4.69, 9.17) is 4.74 Å². The van der Waals surface area contributed by atoms with Crippen LogP contribution in [0.5, 0.6) is 0 Å². The van der Waals surface area contributed by atoms with Crippen LogP contribution in [0.15, 0.2) is 65.6 Å². The first kappa shape index (κ1) is 18.7. The Labute approximate surface area is 146 Å². The Morgan fingerprint density at radius 2 is 1.52 bits per heavy atom. The van der Waals surface area contributed by atoms with Crippen LogP contribution in [0.2, 0.25) is 0 Å². The molecule has 0 fully saturated rings. The highest BCUT2D eigenvalue weighted by molar-refractivity contribution is 7.93.